The Morgan fingerprint density at radius 1 is 1.22 bits per heavy atom. The van der Waals surface area contributed by atoms with Crippen molar-refractivity contribution in [2.24, 2.45) is 0 Å². The topological polar surface area (TPSA) is 39.1 Å². The Balaban J connectivity index is 1.38. The first-order valence-corrected chi connectivity index (χ1v) is 8.72. The number of rotatable bonds is 5. The van der Waals surface area contributed by atoms with Crippen LogP contribution in [0.2, 0.25) is 0 Å². The summed E-state index contributed by atoms with van der Waals surface area (Å²) in [5.41, 5.74) is 2.18. The van der Waals surface area contributed by atoms with Gasteiger partial charge in [-0.25, -0.2) is 4.98 Å². The highest BCUT2D eigenvalue weighted by Crippen LogP contribution is 2.22. The van der Waals surface area contributed by atoms with Crippen LogP contribution in [0.1, 0.15) is 10.7 Å². The van der Waals surface area contributed by atoms with E-state index in [-0.39, 0.29) is 6.10 Å². The van der Waals surface area contributed by atoms with E-state index >= 15 is 0 Å². The summed E-state index contributed by atoms with van der Waals surface area (Å²) in [5.74, 6) is 1.01. The SMILES string of the molecule is c1ccc(-c2cn3c(n2)CO[C@@H](CNCc2cccs2)C3)cc1. The second kappa shape index (κ2) is 6.66. The molecule has 0 amide bonds. The Labute approximate surface area is 139 Å². The second-order valence-electron chi connectivity index (χ2n) is 5.70. The summed E-state index contributed by atoms with van der Waals surface area (Å²) in [4.78, 5) is 6.05. The minimum absolute atomic E-state index is 0.195. The summed E-state index contributed by atoms with van der Waals surface area (Å²) in [5, 5.41) is 5.59. The van der Waals surface area contributed by atoms with Gasteiger partial charge in [-0.3, -0.25) is 0 Å². The second-order valence-corrected chi connectivity index (χ2v) is 6.74. The highest BCUT2D eigenvalue weighted by atomic mass is 32.1. The molecule has 4 rings (SSSR count). The van der Waals surface area contributed by atoms with Gasteiger partial charge in [0.15, 0.2) is 0 Å². The van der Waals surface area contributed by atoms with Crippen LogP contribution in [0, 0.1) is 0 Å². The van der Waals surface area contributed by atoms with Gasteiger partial charge in [-0.1, -0.05) is 36.4 Å². The van der Waals surface area contributed by atoms with Crippen molar-refractivity contribution in [3.8, 4) is 11.3 Å². The van der Waals surface area contributed by atoms with E-state index in [2.05, 4.69) is 45.7 Å². The lowest BCUT2D eigenvalue weighted by Crippen LogP contribution is -2.35. The monoisotopic (exact) mass is 325 g/mol. The molecule has 0 saturated heterocycles. The molecular formula is C18H19N3OS. The molecule has 0 bridgehead atoms. The van der Waals surface area contributed by atoms with Crippen molar-refractivity contribution in [2.45, 2.75) is 25.8 Å². The lowest BCUT2D eigenvalue weighted by atomic mass is 10.2. The van der Waals surface area contributed by atoms with E-state index in [0.29, 0.717) is 6.61 Å². The molecule has 0 aliphatic carbocycles. The van der Waals surface area contributed by atoms with Crippen LogP contribution in [0.15, 0.2) is 54.0 Å². The molecule has 5 heteroatoms. The van der Waals surface area contributed by atoms with E-state index in [0.717, 1.165) is 36.7 Å². The summed E-state index contributed by atoms with van der Waals surface area (Å²) in [7, 11) is 0. The smallest absolute Gasteiger partial charge is 0.135 e. The van der Waals surface area contributed by atoms with E-state index in [9.17, 15) is 0 Å². The number of nitrogens with zero attached hydrogens (tertiary/aromatic N) is 2. The largest absolute Gasteiger partial charge is 0.367 e. The van der Waals surface area contributed by atoms with Gasteiger partial charge < -0.3 is 14.6 Å². The molecular weight excluding hydrogens is 306 g/mol. The highest BCUT2D eigenvalue weighted by molar-refractivity contribution is 7.09. The first-order valence-electron chi connectivity index (χ1n) is 7.84. The first-order chi connectivity index (χ1) is 11.4. The summed E-state index contributed by atoms with van der Waals surface area (Å²) < 4.78 is 8.16. The molecule has 1 atom stereocenters. The van der Waals surface area contributed by atoms with Gasteiger partial charge in [0.05, 0.1) is 18.3 Å². The molecule has 118 valence electrons. The third-order valence-corrected chi connectivity index (χ3v) is 4.90. The average molecular weight is 325 g/mol. The van der Waals surface area contributed by atoms with Gasteiger partial charge in [-0.2, -0.15) is 0 Å². The molecule has 2 aromatic heterocycles. The molecule has 1 aliphatic heterocycles. The maximum absolute atomic E-state index is 5.93. The Morgan fingerprint density at radius 3 is 2.96 bits per heavy atom. The minimum atomic E-state index is 0.195. The number of imidazole rings is 1. The molecule has 0 unspecified atom stereocenters. The number of benzene rings is 1. The number of aromatic nitrogens is 2. The fourth-order valence-corrected chi connectivity index (χ4v) is 3.51. The Bertz CT molecular complexity index is 752. The minimum Gasteiger partial charge on any atom is -0.367 e. The molecule has 1 aromatic carbocycles. The Morgan fingerprint density at radius 2 is 2.13 bits per heavy atom. The molecule has 0 fully saturated rings. The molecule has 4 nitrogen and oxygen atoms in total. The summed E-state index contributed by atoms with van der Waals surface area (Å²) in [6, 6.07) is 14.5. The lowest BCUT2D eigenvalue weighted by molar-refractivity contribution is 0.00281. The Kier molecular flexibility index (Phi) is 4.24. The molecule has 0 spiro atoms. The number of hydrogen-bond donors (Lipinski definition) is 1. The number of thiophene rings is 1. The predicted octanol–water partition coefficient (Wildman–Crippen LogP) is 3.30. The van der Waals surface area contributed by atoms with Crippen molar-refractivity contribution in [1.29, 1.82) is 0 Å². The van der Waals surface area contributed by atoms with Crippen LogP contribution in [-0.4, -0.2) is 22.2 Å². The number of nitrogens with one attached hydrogen (secondary N) is 1. The maximum Gasteiger partial charge on any atom is 0.135 e. The zero-order valence-electron chi connectivity index (χ0n) is 12.8. The Hall–Kier alpha value is -1.95. The van der Waals surface area contributed by atoms with Gasteiger partial charge in [0.1, 0.15) is 12.4 Å². The maximum atomic E-state index is 5.93. The average Bonchev–Trinajstić information content (AvgIpc) is 3.24. The van der Waals surface area contributed by atoms with Crippen LogP contribution < -0.4 is 5.32 Å². The molecule has 1 aliphatic rings. The number of fused-ring (bicyclic) bond motifs is 1. The van der Waals surface area contributed by atoms with Gasteiger partial charge in [0.25, 0.3) is 0 Å². The summed E-state index contributed by atoms with van der Waals surface area (Å²) in [6.07, 6.45) is 2.33. The fourth-order valence-electron chi connectivity index (χ4n) is 2.83. The molecule has 0 radical (unpaired) electrons. The standard InChI is InChI=1S/C18H19N3OS/c1-2-5-14(6-3-1)17-12-21-11-15(22-13-18(21)20-17)9-19-10-16-7-4-8-23-16/h1-8,12,15,19H,9-11,13H2/t15-/m0/s1. The van der Waals surface area contributed by atoms with Gasteiger partial charge in [-0.15, -0.1) is 11.3 Å². The molecule has 0 saturated carbocycles. The van der Waals surface area contributed by atoms with Crippen LogP contribution in [0.5, 0.6) is 0 Å². The molecule has 3 aromatic rings. The van der Waals surface area contributed by atoms with Crippen molar-refractivity contribution in [3.05, 3.63) is 64.7 Å². The highest BCUT2D eigenvalue weighted by Gasteiger charge is 2.21. The van der Waals surface area contributed by atoms with Crippen molar-refractivity contribution < 1.29 is 4.74 Å². The van der Waals surface area contributed by atoms with Gasteiger partial charge >= 0.3 is 0 Å². The van der Waals surface area contributed by atoms with Crippen molar-refractivity contribution >= 4 is 11.3 Å². The third kappa shape index (κ3) is 3.37. The summed E-state index contributed by atoms with van der Waals surface area (Å²) >= 11 is 1.78. The molecule has 23 heavy (non-hydrogen) atoms. The van der Waals surface area contributed by atoms with Crippen LogP contribution in [-0.2, 0) is 24.4 Å². The van der Waals surface area contributed by atoms with E-state index in [1.165, 1.54) is 4.88 Å². The summed E-state index contributed by atoms with van der Waals surface area (Å²) in [6.45, 7) is 3.20. The van der Waals surface area contributed by atoms with Gasteiger partial charge in [-0.05, 0) is 11.4 Å². The zero-order chi connectivity index (χ0) is 15.5. The normalized spacial score (nSPS) is 17.1. The molecule has 3 heterocycles. The van der Waals surface area contributed by atoms with Crippen molar-refractivity contribution in [3.63, 3.8) is 0 Å². The quantitative estimate of drug-likeness (QED) is 0.782. The van der Waals surface area contributed by atoms with E-state index < -0.39 is 0 Å². The number of hydrogen-bond acceptors (Lipinski definition) is 4. The number of ether oxygens (including phenoxy) is 1. The zero-order valence-corrected chi connectivity index (χ0v) is 13.6. The van der Waals surface area contributed by atoms with Crippen molar-refractivity contribution in [1.82, 2.24) is 14.9 Å². The van der Waals surface area contributed by atoms with E-state index in [1.807, 2.05) is 18.2 Å². The van der Waals surface area contributed by atoms with Crippen molar-refractivity contribution in [2.75, 3.05) is 6.54 Å². The van der Waals surface area contributed by atoms with Crippen LogP contribution in [0.3, 0.4) is 0 Å². The van der Waals surface area contributed by atoms with E-state index in [4.69, 9.17) is 9.72 Å². The third-order valence-electron chi connectivity index (χ3n) is 4.03. The fraction of sp³-hybridized carbons (Fsp3) is 0.278. The van der Waals surface area contributed by atoms with Gasteiger partial charge in [0.2, 0.25) is 0 Å². The van der Waals surface area contributed by atoms with Crippen LogP contribution in [0.25, 0.3) is 11.3 Å². The van der Waals surface area contributed by atoms with Crippen LogP contribution in [0.4, 0.5) is 0 Å². The van der Waals surface area contributed by atoms with E-state index in [1.54, 1.807) is 11.3 Å². The van der Waals surface area contributed by atoms with Gasteiger partial charge in [0, 0.05) is 29.7 Å². The first kappa shape index (κ1) is 14.6. The molecule has 1 N–H and O–H groups in total. The van der Waals surface area contributed by atoms with Crippen LogP contribution >= 0.6 is 11.3 Å². The lowest BCUT2D eigenvalue weighted by Gasteiger charge is -2.24. The predicted molar refractivity (Wildman–Crippen MR) is 92.3 cm³/mol.